The number of rotatable bonds is 0. The summed E-state index contributed by atoms with van der Waals surface area (Å²) in [5.41, 5.74) is 6.36. The average molecular weight is 403 g/mol. The van der Waals surface area contributed by atoms with Gasteiger partial charge in [0, 0.05) is 10.8 Å². The molecule has 0 fully saturated rings. The average Bonchev–Trinajstić information content (AvgIpc) is 2.78. The maximum Gasteiger partial charge on any atom is 0.0646 e. The van der Waals surface area contributed by atoms with Crippen molar-refractivity contribution >= 4 is 44.7 Å². The lowest BCUT2D eigenvalue weighted by molar-refractivity contribution is 0.334. The first-order valence-corrected chi connectivity index (χ1v) is 9.03. The quantitative estimate of drug-likeness (QED) is 0.386. The predicted molar refractivity (Wildman–Crippen MR) is 104 cm³/mol. The summed E-state index contributed by atoms with van der Waals surface area (Å²) in [7, 11) is 0. The van der Waals surface area contributed by atoms with Crippen LogP contribution in [0.4, 0.5) is 0 Å². The molecule has 1 nitrogen and oxygen atoms in total. The number of hydrogen-bond donors (Lipinski definition) is 0. The lowest BCUT2D eigenvalue weighted by Crippen LogP contribution is -2.34. The van der Waals surface area contributed by atoms with Gasteiger partial charge in [-0.15, -0.1) is 0 Å². The molecule has 1 aromatic heterocycles. The van der Waals surface area contributed by atoms with E-state index in [0.29, 0.717) is 0 Å². The Bertz CT molecular complexity index is 899. The topological polar surface area (TPSA) is 4.93 Å². The number of benzene rings is 2. The van der Waals surface area contributed by atoms with Crippen LogP contribution >= 0.6 is 22.9 Å². The minimum atomic E-state index is 0.238. The molecule has 0 bridgehead atoms. The van der Waals surface area contributed by atoms with Crippen LogP contribution in [-0.4, -0.2) is 2.78 Å². The molecule has 1 aliphatic rings. The van der Waals surface area contributed by atoms with Gasteiger partial charge in [-0.3, -0.25) is 2.78 Å². The molecule has 0 N–H and O–H groups in total. The number of nitrogens with zero attached hydrogens (tertiary/aromatic N) is 1. The first-order chi connectivity index (χ1) is 10.3. The molecule has 0 spiro atoms. The molecular formula is C20H22IN. The van der Waals surface area contributed by atoms with Gasteiger partial charge >= 0.3 is 0 Å². The van der Waals surface area contributed by atoms with E-state index in [1.807, 2.05) is 0 Å². The molecule has 0 amide bonds. The summed E-state index contributed by atoms with van der Waals surface area (Å²) in [6, 6.07) is 13.5. The number of halogens is 1. The molecule has 2 aromatic carbocycles. The van der Waals surface area contributed by atoms with Gasteiger partial charge in [0.1, 0.15) is 0 Å². The smallest absolute Gasteiger partial charge is 0.0646 e. The monoisotopic (exact) mass is 403 g/mol. The molecule has 1 heterocycles. The molecule has 0 aliphatic heterocycles. The van der Waals surface area contributed by atoms with Crippen molar-refractivity contribution in [3.63, 3.8) is 0 Å². The number of fused-ring (bicyclic) bond motifs is 5. The Kier molecular flexibility index (Phi) is 2.98. The van der Waals surface area contributed by atoms with Gasteiger partial charge in [0.25, 0.3) is 0 Å². The summed E-state index contributed by atoms with van der Waals surface area (Å²) in [6.45, 7) is 9.61. The summed E-state index contributed by atoms with van der Waals surface area (Å²) in [5.74, 6) is 0. The van der Waals surface area contributed by atoms with Gasteiger partial charge in [-0.1, -0.05) is 58.0 Å². The maximum absolute atomic E-state index is 2.48. The molecule has 0 saturated heterocycles. The lowest BCUT2D eigenvalue weighted by Gasteiger charge is -2.42. The highest BCUT2D eigenvalue weighted by Crippen LogP contribution is 2.50. The van der Waals surface area contributed by atoms with E-state index in [0.717, 1.165) is 0 Å². The molecule has 3 aromatic rings. The molecule has 22 heavy (non-hydrogen) atoms. The second kappa shape index (κ2) is 4.50. The van der Waals surface area contributed by atoms with Gasteiger partial charge in [0.15, 0.2) is 0 Å². The lowest BCUT2D eigenvalue weighted by atomic mass is 9.63. The van der Waals surface area contributed by atoms with Crippen LogP contribution in [0.2, 0.25) is 0 Å². The second-order valence-electron chi connectivity index (χ2n) is 7.95. The predicted octanol–water partition coefficient (Wildman–Crippen LogP) is 6.34. The zero-order chi connectivity index (χ0) is 15.7. The van der Waals surface area contributed by atoms with E-state index in [4.69, 9.17) is 0 Å². The van der Waals surface area contributed by atoms with Crippen LogP contribution in [0.1, 0.15) is 51.7 Å². The first kappa shape index (κ1) is 14.6. The van der Waals surface area contributed by atoms with E-state index < -0.39 is 0 Å². The molecule has 0 unspecified atom stereocenters. The van der Waals surface area contributed by atoms with Gasteiger partial charge in [0.05, 0.1) is 33.9 Å². The number of aromatic nitrogens is 1. The fourth-order valence-corrected chi connectivity index (χ4v) is 5.06. The van der Waals surface area contributed by atoms with Gasteiger partial charge in [-0.2, -0.15) is 0 Å². The summed E-state index contributed by atoms with van der Waals surface area (Å²) < 4.78 is 2.38. The van der Waals surface area contributed by atoms with Crippen LogP contribution in [0.15, 0.2) is 36.4 Å². The molecule has 0 atom stereocenters. The summed E-state index contributed by atoms with van der Waals surface area (Å²) in [6.07, 6.45) is 2.52. The minimum Gasteiger partial charge on any atom is -0.281 e. The van der Waals surface area contributed by atoms with Crippen molar-refractivity contribution in [3.8, 4) is 0 Å². The van der Waals surface area contributed by atoms with Crippen LogP contribution < -0.4 is 0 Å². The fraction of sp³-hybridized carbons (Fsp3) is 0.400. The van der Waals surface area contributed by atoms with Crippen LogP contribution in [0.5, 0.6) is 0 Å². The molecule has 0 radical (unpaired) electrons. The standard InChI is InChI=1S/C20H22IN/c1-19(2)11-12-20(3,4)17-15(19)10-9-14-13-7-5-6-8-16(13)22(21)18(14)17/h5-10H,11-12H2,1-4H3. The third-order valence-electron chi connectivity index (χ3n) is 5.56. The largest absolute Gasteiger partial charge is 0.281 e. The van der Waals surface area contributed by atoms with Crippen LogP contribution in [0.3, 0.4) is 0 Å². The van der Waals surface area contributed by atoms with Crippen molar-refractivity contribution in [3.05, 3.63) is 47.5 Å². The van der Waals surface area contributed by atoms with E-state index in [2.05, 4.69) is 89.7 Å². The summed E-state index contributed by atoms with van der Waals surface area (Å²) in [5, 5.41) is 2.77. The molecule has 1 aliphatic carbocycles. The summed E-state index contributed by atoms with van der Waals surface area (Å²) in [4.78, 5) is 0. The molecule has 0 saturated carbocycles. The van der Waals surface area contributed by atoms with Crippen molar-refractivity contribution in [1.82, 2.24) is 2.78 Å². The molecule has 2 heteroatoms. The minimum absolute atomic E-state index is 0.238. The van der Waals surface area contributed by atoms with Crippen LogP contribution in [-0.2, 0) is 10.8 Å². The molecular weight excluding hydrogens is 381 g/mol. The van der Waals surface area contributed by atoms with Crippen LogP contribution in [0, 0.1) is 0 Å². The Balaban J connectivity index is 2.24. The highest BCUT2D eigenvalue weighted by molar-refractivity contribution is 14.1. The second-order valence-corrected chi connectivity index (χ2v) is 8.91. The number of para-hydroxylation sites is 1. The fourth-order valence-electron chi connectivity index (χ4n) is 4.14. The normalized spacial score (nSPS) is 19.5. The van der Waals surface area contributed by atoms with E-state index in [1.54, 1.807) is 5.56 Å². The first-order valence-electron chi connectivity index (χ1n) is 8.06. The van der Waals surface area contributed by atoms with Crippen molar-refractivity contribution < 1.29 is 0 Å². The van der Waals surface area contributed by atoms with Gasteiger partial charge in [-0.25, -0.2) is 0 Å². The Morgan fingerprint density at radius 2 is 1.55 bits per heavy atom. The highest BCUT2D eigenvalue weighted by Gasteiger charge is 2.39. The van der Waals surface area contributed by atoms with E-state index in [-0.39, 0.29) is 10.8 Å². The Morgan fingerprint density at radius 3 is 2.32 bits per heavy atom. The van der Waals surface area contributed by atoms with Crippen molar-refractivity contribution in [2.24, 2.45) is 0 Å². The van der Waals surface area contributed by atoms with Crippen LogP contribution in [0.25, 0.3) is 21.8 Å². The van der Waals surface area contributed by atoms with E-state index >= 15 is 0 Å². The zero-order valence-corrected chi connectivity index (χ0v) is 15.9. The molecule has 4 rings (SSSR count). The third-order valence-corrected chi connectivity index (χ3v) is 6.56. The molecule has 114 valence electrons. The van der Waals surface area contributed by atoms with Crippen molar-refractivity contribution in [2.75, 3.05) is 0 Å². The van der Waals surface area contributed by atoms with E-state index in [1.165, 1.54) is 40.2 Å². The Hall–Kier alpha value is -1.03. The zero-order valence-electron chi connectivity index (χ0n) is 13.7. The Morgan fingerprint density at radius 1 is 0.864 bits per heavy atom. The Labute approximate surface area is 146 Å². The number of hydrogen-bond acceptors (Lipinski definition) is 0. The highest BCUT2D eigenvalue weighted by atomic mass is 127. The SMILES string of the molecule is CC1(C)CCC(C)(C)c2c1ccc1c3ccccc3n(I)c21. The van der Waals surface area contributed by atoms with Crippen molar-refractivity contribution in [1.29, 1.82) is 0 Å². The maximum atomic E-state index is 2.48. The van der Waals surface area contributed by atoms with Gasteiger partial charge in [0.2, 0.25) is 0 Å². The summed E-state index contributed by atoms with van der Waals surface area (Å²) >= 11 is 2.48. The van der Waals surface area contributed by atoms with Gasteiger partial charge in [-0.05, 0) is 40.9 Å². The van der Waals surface area contributed by atoms with Crippen molar-refractivity contribution in [2.45, 2.75) is 51.4 Å². The van der Waals surface area contributed by atoms with E-state index in [9.17, 15) is 0 Å². The third kappa shape index (κ3) is 1.82. The van der Waals surface area contributed by atoms with Gasteiger partial charge < -0.3 is 0 Å².